The Morgan fingerprint density at radius 1 is 1.17 bits per heavy atom. The maximum Gasteiger partial charge on any atom is 0.219 e. The van der Waals surface area contributed by atoms with Gasteiger partial charge in [0.2, 0.25) is 5.91 Å². The fraction of sp³-hybridized carbons (Fsp3) is 0.545. The highest BCUT2D eigenvalue weighted by atomic mass is 16.5. The average molecular weight is 396 g/mol. The minimum absolute atomic E-state index is 0.124. The summed E-state index contributed by atoms with van der Waals surface area (Å²) in [5, 5.41) is 5.15. The van der Waals surface area contributed by atoms with E-state index in [2.05, 4.69) is 34.7 Å². The van der Waals surface area contributed by atoms with Crippen LogP contribution in [-0.4, -0.2) is 53.5 Å². The number of benzene rings is 1. The van der Waals surface area contributed by atoms with E-state index in [4.69, 9.17) is 14.6 Å². The lowest BCUT2D eigenvalue weighted by atomic mass is 10.0. The quantitative estimate of drug-likeness (QED) is 0.781. The van der Waals surface area contributed by atoms with Crippen LogP contribution in [0.5, 0.6) is 5.75 Å². The number of aromatic nitrogens is 2. The van der Waals surface area contributed by atoms with Crippen molar-refractivity contribution in [2.24, 2.45) is 0 Å². The summed E-state index contributed by atoms with van der Waals surface area (Å²) >= 11 is 0. The van der Waals surface area contributed by atoms with Crippen molar-refractivity contribution in [2.45, 2.75) is 45.7 Å². The number of rotatable bonds is 2. The Kier molecular flexibility index (Phi) is 4.70. The molecule has 1 amide bonds. The molecule has 154 valence electrons. The van der Waals surface area contributed by atoms with Gasteiger partial charge in [-0.05, 0) is 37.5 Å². The molecule has 1 fully saturated rings. The van der Waals surface area contributed by atoms with Crippen LogP contribution in [0.15, 0.2) is 18.2 Å². The highest BCUT2D eigenvalue weighted by molar-refractivity contribution is 5.75. The number of anilines is 2. The highest BCUT2D eigenvalue weighted by Gasteiger charge is 2.33. The van der Waals surface area contributed by atoms with Gasteiger partial charge in [0.05, 0.1) is 24.8 Å². The van der Waals surface area contributed by atoms with Crippen molar-refractivity contribution < 1.29 is 14.3 Å². The van der Waals surface area contributed by atoms with Gasteiger partial charge in [-0.25, -0.2) is 0 Å². The SMILES string of the molecule is CC(=O)N1CCc2c(c(N3CCOc4cc(C)ccc43)nn2C2CCOCC2)C1. The Morgan fingerprint density at radius 2 is 2.00 bits per heavy atom. The summed E-state index contributed by atoms with van der Waals surface area (Å²) < 4.78 is 13.7. The second-order valence-electron chi connectivity index (χ2n) is 8.20. The predicted octanol–water partition coefficient (Wildman–Crippen LogP) is 2.98. The molecule has 29 heavy (non-hydrogen) atoms. The molecule has 0 radical (unpaired) electrons. The van der Waals surface area contributed by atoms with Crippen molar-refractivity contribution in [3.8, 4) is 5.75 Å². The average Bonchev–Trinajstić information content (AvgIpc) is 3.12. The van der Waals surface area contributed by atoms with Crippen LogP contribution in [0.3, 0.4) is 0 Å². The summed E-state index contributed by atoms with van der Waals surface area (Å²) in [5.74, 6) is 2.01. The van der Waals surface area contributed by atoms with Crippen molar-refractivity contribution in [1.29, 1.82) is 0 Å². The van der Waals surface area contributed by atoms with Gasteiger partial charge in [-0.1, -0.05) is 6.07 Å². The fourth-order valence-corrected chi connectivity index (χ4v) is 4.69. The first-order chi connectivity index (χ1) is 14.1. The monoisotopic (exact) mass is 396 g/mol. The first-order valence-electron chi connectivity index (χ1n) is 10.6. The van der Waals surface area contributed by atoms with E-state index in [1.165, 1.54) is 16.8 Å². The smallest absolute Gasteiger partial charge is 0.219 e. The Morgan fingerprint density at radius 3 is 2.79 bits per heavy atom. The van der Waals surface area contributed by atoms with Crippen LogP contribution in [0.2, 0.25) is 0 Å². The zero-order valence-corrected chi connectivity index (χ0v) is 17.2. The van der Waals surface area contributed by atoms with Crippen LogP contribution in [0.4, 0.5) is 11.5 Å². The standard InChI is InChI=1S/C22H28N4O3/c1-15-3-4-20-21(13-15)29-12-9-25(20)22-18-14-24(16(2)27)8-5-19(18)26(23-22)17-6-10-28-11-7-17/h3-4,13,17H,5-12,14H2,1-2H3. The van der Waals surface area contributed by atoms with Crippen LogP contribution in [0.1, 0.15) is 42.6 Å². The lowest BCUT2D eigenvalue weighted by Crippen LogP contribution is -2.36. The van der Waals surface area contributed by atoms with E-state index in [0.717, 1.165) is 62.8 Å². The Balaban J connectivity index is 1.60. The summed E-state index contributed by atoms with van der Waals surface area (Å²) in [6.07, 6.45) is 2.83. The Labute approximate surface area is 171 Å². The van der Waals surface area contributed by atoms with Crippen LogP contribution in [-0.2, 0) is 22.5 Å². The molecule has 0 bridgehead atoms. The van der Waals surface area contributed by atoms with Gasteiger partial charge < -0.3 is 19.3 Å². The molecule has 0 spiro atoms. The number of fused-ring (bicyclic) bond motifs is 2. The molecule has 1 aromatic heterocycles. The lowest BCUT2D eigenvalue weighted by molar-refractivity contribution is -0.129. The van der Waals surface area contributed by atoms with E-state index in [-0.39, 0.29) is 5.91 Å². The van der Waals surface area contributed by atoms with Gasteiger partial charge in [0, 0.05) is 44.4 Å². The largest absolute Gasteiger partial charge is 0.490 e. The molecule has 5 rings (SSSR count). The van der Waals surface area contributed by atoms with Crippen LogP contribution < -0.4 is 9.64 Å². The Hall–Kier alpha value is -2.54. The van der Waals surface area contributed by atoms with Crippen molar-refractivity contribution >= 4 is 17.4 Å². The molecule has 4 heterocycles. The zero-order valence-electron chi connectivity index (χ0n) is 17.2. The topological polar surface area (TPSA) is 59.8 Å². The van der Waals surface area contributed by atoms with Gasteiger partial charge in [0.25, 0.3) is 0 Å². The van der Waals surface area contributed by atoms with Gasteiger partial charge in [-0.2, -0.15) is 5.10 Å². The third-order valence-electron chi connectivity index (χ3n) is 6.28. The summed E-state index contributed by atoms with van der Waals surface area (Å²) in [6.45, 7) is 8.08. The zero-order chi connectivity index (χ0) is 20.0. The summed E-state index contributed by atoms with van der Waals surface area (Å²) in [6, 6.07) is 6.69. The molecular weight excluding hydrogens is 368 g/mol. The molecule has 7 heteroatoms. The van der Waals surface area contributed by atoms with Crippen molar-refractivity contribution in [1.82, 2.24) is 14.7 Å². The van der Waals surface area contributed by atoms with Gasteiger partial charge >= 0.3 is 0 Å². The number of carbonyl (C=O) groups is 1. The van der Waals surface area contributed by atoms with E-state index < -0.39 is 0 Å². The van der Waals surface area contributed by atoms with E-state index >= 15 is 0 Å². The van der Waals surface area contributed by atoms with Gasteiger partial charge in [0.15, 0.2) is 5.82 Å². The van der Waals surface area contributed by atoms with E-state index in [1.54, 1.807) is 6.92 Å². The minimum atomic E-state index is 0.124. The summed E-state index contributed by atoms with van der Waals surface area (Å²) in [7, 11) is 0. The van der Waals surface area contributed by atoms with Crippen LogP contribution in [0, 0.1) is 6.92 Å². The second-order valence-corrected chi connectivity index (χ2v) is 8.20. The molecule has 1 saturated heterocycles. The van der Waals surface area contributed by atoms with Crippen molar-refractivity contribution in [3.63, 3.8) is 0 Å². The second kappa shape index (κ2) is 7.37. The third kappa shape index (κ3) is 3.27. The number of hydrogen-bond acceptors (Lipinski definition) is 5. The predicted molar refractivity (Wildman–Crippen MR) is 110 cm³/mol. The summed E-state index contributed by atoms with van der Waals surface area (Å²) in [4.78, 5) is 16.3. The Bertz CT molecular complexity index is 932. The van der Waals surface area contributed by atoms with Crippen molar-refractivity contribution in [3.05, 3.63) is 35.0 Å². The van der Waals surface area contributed by atoms with Crippen LogP contribution >= 0.6 is 0 Å². The molecule has 0 saturated carbocycles. The van der Waals surface area contributed by atoms with Crippen LogP contribution in [0.25, 0.3) is 0 Å². The number of ether oxygens (including phenoxy) is 2. The maximum atomic E-state index is 12.1. The molecule has 0 atom stereocenters. The van der Waals surface area contributed by atoms with E-state index in [9.17, 15) is 4.79 Å². The molecule has 1 aromatic carbocycles. The number of hydrogen-bond donors (Lipinski definition) is 0. The number of aryl methyl sites for hydroxylation is 1. The first kappa shape index (κ1) is 18.5. The van der Waals surface area contributed by atoms with Gasteiger partial charge in [0.1, 0.15) is 12.4 Å². The maximum absolute atomic E-state index is 12.1. The summed E-state index contributed by atoms with van der Waals surface area (Å²) in [5.41, 5.74) is 4.71. The number of amides is 1. The number of nitrogens with zero attached hydrogens (tertiary/aromatic N) is 4. The molecule has 2 aromatic rings. The van der Waals surface area contributed by atoms with Gasteiger partial charge in [-0.3, -0.25) is 9.48 Å². The molecule has 0 N–H and O–H groups in total. The molecule has 7 nitrogen and oxygen atoms in total. The van der Waals surface area contributed by atoms with Gasteiger partial charge in [-0.15, -0.1) is 0 Å². The molecule has 3 aliphatic heterocycles. The third-order valence-corrected chi connectivity index (χ3v) is 6.28. The minimum Gasteiger partial charge on any atom is -0.490 e. The molecule has 3 aliphatic rings. The van der Waals surface area contributed by atoms with Crippen molar-refractivity contribution in [2.75, 3.05) is 37.8 Å². The molecular formula is C22H28N4O3. The number of carbonyl (C=O) groups excluding carboxylic acids is 1. The normalized spacial score (nSPS) is 19.5. The van der Waals surface area contributed by atoms with E-state index in [1.807, 2.05) is 4.90 Å². The van der Waals surface area contributed by atoms with E-state index in [0.29, 0.717) is 19.2 Å². The lowest BCUT2D eigenvalue weighted by Gasteiger charge is -2.32. The fourth-order valence-electron chi connectivity index (χ4n) is 4.69. The molecule has 0 unspecified atom stereocenters. The molecule has 0 aliphatic carbocycles. The first-order valence-corrected chi connectivity index (χ1v) is 10.6. The highest BCUT2D eigenvalue weighted by Crippen LogP contribution is 2.41.